The number of aryl methyl sites for hydroxylation is 2. The number of imide groups is 1. The van der Waals surface area contributed by atoms with Crippen molar-refractivity contribution in [3.8, 4) is 0 Å². The van der Waals surface area contributed by atoms with Crippen LogP contribution in [0, 0.1) is 13.8 Å². The lowest BCUT2D eigenvalue weighted by Crippen LogP contribution is -2.52. The van der Waals surface area contributed by atoms with E-state index >= 15 is 4.79 Å². The van der Waals surface area contributed by atoms with E-state index in [1.165, 1.54) is 29.7 Å². The summed E-state index contributed by atoms with van der Waals surface area (Å²) >= 11 is 0. The molecule has 84 heavy (non-hydrogen) atoms. The Morgan fingerprint density at radius 1 is 0.833 bits per heavy atom. The molecular weight excluding hydrogens is 1080 g/mol. The Bertz CT molecular complexity index is 3210. The van der Waals surface area contributed by atoms with Gasteiger partial charge in [-0.1, -0.05) is 13.8 Å². The van der Waals surface area contributed by atoms with Gasteiger partial charge in [-0.05, 0) is 115 Å². The van der Waals surface area contributed by atoms with Crippen LogP contribution < -0.4 is 16.0 Å². The Hall–Kier alpha value is -7.31. The third-order valence-electron chi connectivity index (χ3n) is 15.8. The minimum Gasteiger partial charge on any atom is -0.444 e. The molecule has 0 unspecified atom stereocenters. The number of aromatic nitrogens is 4. The van der Waals surface area contributed by atoms with Crippen LogP contribution in [0.3, 0.4) is 0 Å². The van der Waals surface area contributed by atoms with Gasteiger partial charge in [-0.2, -0.15) is 0 Å². The number of hydrogen-bond donors (Lipinski definition) is 6. The highest BCUT2D eigenvalue weighted by Gasteiger charge is 2.41. The van der Waals surface area contributed by atoms with Gasteiger partial charge in [0.1, 0.15) is 17.7 Å². The number of alkyl carbamates (subject to hydrolysis) is 1. The molecule has 7 amide bonds. The first-order valence-corrected chi connectivity index (χ1v) is 29.1. The maximum atomic E-state index is 15.4. The molecule has 3 aromatic rings. The number of nitrogens with one attached hydrogen (secondary N) is 5. The lowest BCUT2D eigenvalue weighted by atomic mass is 9.84. The second kappa shape index (κ2) is 28.5. The summed E-state index contributed by atoms with van der Waals surface area (Å²) in [6.07, 6.45) is 3.53. The number of aliphatic hydroxyl groups excluding tert-OH is 1. The third-order valence-corrected chi connectivity index (χ3v) is 15.8. The molecule has 1 fully saturated rings. The summed E-state index contributed by atoms with van der Waals surface area (Å²) in [5.41, 5.74) is 9.00. The van der Waals surface area contributed by atoms with Gasteiger partial charge in [0, 0.05) is 112 Å². The van der Waals surface area contributed by atoms with Crippen LogP contribution in [0.25, 0.3) is 39.3 Å². The van der Waals surface area contributed by atoms with E-state index < -0.39 is 53.3 Å². The van der Waals surface area contributed by atoms with Crippen molar-refractivity contribution in [2.45, 2.75) is 118 Å². The van der Waals surface area contributed by atoms with Crippen LogP contribution in [0.15, 0.2) is 24.3 Å². The number of hydrogen-bond acceptors (Lipinski definition) is 15. The van der Waals surface area contributed by atoms with Crippen LogP contribution in [0.2, 0.25) is 0 Å². The van der Waals surface area contributed by atoms with E-state index in [4.69, 9.17) is 34.0 Å². The number of nitrogens with zero attached hydrogens (tertiary/aromatic N) is 6. The largest absolute Gasteiger partial charge is 0.444 e. The first-order chi connectivity index (χ1) is 39.9. The quantitative estimate of drug-likeness (QED) is 0.0374. The third kappa shape index (κ3) is 15.5. The van der Waals surface area contributed by atoms with Gasteiger partial charge in [-0.25, -0.2) is 9.78 Å². The number of fused-ring (bicyclic) bond motifs is 8. The van der Waals surface area contributed by atoms with E-state index in [1.807, 2.05) is 45.9 Å². The predicted molar refractivity (Wildman–Crippen MR) is 319 cm³/mol. The van der Waals surface area contributed by atoms with Gasteiger partial charge in [-0.3, -0.25) is 43.6 Å². The SMILES string of the molecule is CCC1=C(C)c2cc3[nH]c(cc4nc(c5c6[nH]c(cc1n2)c(C)c6C(=O)N(CCN1CCOCC1)C5=O)[C@@H](CCC(=O)N(C)CCNC(=O)[C@H](C)NC(=O)[C@H](C)NC(=O)OC(C)(C)C)[C@@H]4C)c(C)c3/C=C/C(=O)N(C)CCOCCOCCO. The number of allylic oxidation sites excluding steroid dienone is 2. The van der Waals surface area contributed by atoms with Gasteiger partial charge >= 0.3 is 6.09 Å². The highest BCUT2D eigenvalue weighted by Crippen LogP contribution is 2.44. The van der Waals surface area contributed by atoms with Crippen LogP contribution in [0.4, 0.5) is 4.79 Å². The molecule has 0 aliphatic carbocycles. The number of likely N-dealkylation sites (N-methyl/N-ethyl adjacent to an activating group) is 2. The van der Waals surface area contributed by atoms with Gasteiger partial charge in [0.25, 0.3) is 11.8 Å². The molecule has 0 aromatic carbocycles. The Kier molecular flexibility index (Phi) is 21.8. The van der Waals surface area contributed by atoms with Crippen molar-refractivity contribution < 1.29 is 57.6 Å². The van der Waals surface area contributed by atoms with Crippen LogP contribution in [0.1, 0.15) is 147 Å². The van der Waals surface area contributed by atoms with E-state index in [1.54, 1.807) is 45.8 Å². The topological polar surface area (TPSA) is 283 Å². The summed E-state index contributed by atoms with van der Waals surface area (Å²) in [5, 5.41) is 16.8. The first-order valence-electron chi connectivity index (χ1n) is 29.1. The van der Waals surface area contributed by atoms with Gasteiger partial charge < -0.3 is 59.8 Å². The number of carbonyl (C=O) groups is 7. The van der Waals surface area contributed by atoms with Gasteiger partial charge in [-0.15, -0.1) is 0 Å². The molecule has 0 spiro atoms. The molecule has 4 aliphatic heterocycles. The Balaban J connectivity index is 1.23. The van der Waals surface area contributed by atoms with Crippen LogP contribution in [-0.4, -0.2) is 210 Å². The van der Waals surface area contributed by atoms with E-state index in [9.17, 15) is 28.8 Å². The standard InChI is InChI=1S/C61H85N11O12/c1-13-41-35(2)45-33-49-42(14-16-51(75)70(12)22-26-82-30-31-83-29-25-73)36(3)44(66-49)32-46-37(4)43(15-17-50(74)69(11)19-18-62-56(76)39(6)63-57(77)40(7)64-60(80)84-61(8,9)10)54(67-46)53-55-52(38(5)47(68-55)34-48(41)65-45)58(78)72(59(53)79)21-20-71-23-27-81-28-24-71/h14,16,32-34,37,39-40,43,66,68,73H,13,15,17-31H2,1-12H3,(H,62,76)(H,63,77)(H,64,80)/b16-14+,44-32?,45-33?,46-32?,47-34?,48-34?,49-33?,54-53?/t37-,39-,40-,43-/m0/s1. The monoisotopic (exact) mass is 1160 g/mol. The molecule has 23 nitrogen and oxygen atoms in total. The smallest absolute Gasteiger partial charge is 0.408 e. The summed E-state index contributed by atoms with van der Waals surface area (Å²) < 4.78 is 21.7. The van der Waals surface area contributed by atoms with E-state index in [-0.39, 0.29) is 69.0 Å². The van der Waals surface area contributed by atoms with Crippen molar-refractivity contribution in [3.63, 3.8) is 0 Å². The zero-order chi connectivity index (χ0) is 61.2. The van der Waals surface area contributed by atoms with Gasteiger partial charge in [0.15, 0.2) is 0 Å². The highest BCUT2D eigenvalue weighted by atomic mass is 16.6. The van der Waals surface area contributed by atoms with Crippen molar-refractivity contribution in [3.05, 3.63) is 74.9 Å². The zero-order valence-electron chi connectivity index (χ0n) is 50.8. The number of ether oxygens (including phenoxy) is 4. The number of aromatic amines is 2. The highest BCUT2D eigenvalue weighted by molar-refractivity contribution is 6.23. The normalized spacial score (nSPS) is 17.1. The van der Waals surface area contributed by atoms with E-state index in [0.717, 1.165) is 28.0 Å². The summed E-state index contributed by atoms with van der Waals surface area (Å²) in [7, 11) is 3.35. The van der Waals surface area contributed by atoms with E-state index in [2.05, 4.69) is 37.7 Å². The summed E-state index contributed by atoms with van der Waals surface area (Å²) in [6, 6.07) is 3.94. The average molecular weight is 1160 g/mol. The molecule has 8 bridgehead atoms. The van der Waals surface area contributed by atoms with E-state index in [0.29, 0.717) is 116 Å². The number of amides is 7. The van der Waals surface area contributed by atoms with Crippen LogP contribution >= 0.6 is 0 Å². The van der Waals surface area contributed by atoms with Crippen molar-refractivity contribution in [2.24, 2.45) is 0 Å². The zero-order valence-corrected chi connectivity index (χ0v) is 50.8. The van der Waals surface area contributed by atoms with Gasteiger partial charge in [0.05, 0.1) is 80.0 Å². The van der Waals surface area contributed by atoms with Crippen molar-refractivity contribution in [2.75, 3.05) is 106 Å². The van der Waals surface area contributed by atoms with Crippen molar-refractivity contribution >= 4 is 80.8 Å². The number of H-pyrrole nitrogens is 2. The predicted octanol–water partition coefficient (Wildman–Crippen LogP) is 5.36. The summed E-state index contributed by atoms with van der Waals surface area (Å²) in [4.78, 5) is 120. The summed E-state index contributed by atoms with van der Waals surface area (Å²) in [5.74, 6) is -3.26. The molecule has 7 heterocycles. The van der Waals surface area contributed by atoms with Crippen LogP contribution in [0.5, 0.6) is 0 Å². The van der Waals surface area contributed by atoms with Crippen molar-refractivity contribution in [1.29, 1.82) is 0 Å². The average Bonchev–Trinajstić information content (AvgIpc) is 2.59. The molecule has 456 valence electrons. The lowest BCUT2D eigenvalue weighted by Gasteiger charge is -2.31. The van der Waals surface area contributed by atoms with Crippen LogP contribution in [-0.2, 0) is 38.1 Å². The molecule has 4 aliphatic rings. The molecule has 0 radical (unpaired) electrons. The Morgan fingerprint density at radius 3 is 2.19 bits per heavy atom. The molecule has 7 rings (SSSR count). The Morgan fingerprint density at radius 2 is 1.50 bits per heavy atom. The fourth-order valence-electron chi connectivity index (χ4n) is 10.7. The second-order valence-corrected chi connectivity index (χ2v) is 22.9. The van der Waals surface area contributed by atoms with Crippen molar-refractivity contribution in [1.82, 2.24) is 55.5 Å². The second-order valence-electron chi connectivity index (χ2n) is 22.9. The Labute approximate surface area is 491 Å². The number of morpholine rings is 1. The number of carbonyl (C=O) groups excluding carboxylic acids is 7. The molecular formula is C61H85N11O12. The summed E-state index contributed by atoms with van der Waals surface area (Å²) in [6.45, 7) is 22.8. The maximum absolute atomic E-state index is 15.4. The minimum absolute atomic E-state index is 0.0463. The molecule has 23 heteroatoms. The fraction of sp³-hybridized carbons (Fsp3) is 0.557. The maximum Gasteiger partial charge on any atom is 0.408 e. The van der Waals surface area contributed by atoms with Gasteiger partial charge in [0.2, 0.25) is 23.6 Å². The molecule has 1 saturated heterocycles. The number of aliphatic hydroxyl groups is 1. The lowest BCUT2D eigenvalue weighted by molar-refractivity contribution is -0.131. The fourth-order valence-corrected chi connectivity index (χ4v) is 10.7. The minimum atomic E-state index is -0.977. The molecule has 0 saturated carbocycles. The molecule has 6 N–H and O–H groups in total. The molecule has 3 aromatic heterocycles. The number of rotatable bonds is 24. The first kappa shape index (κ1) is 64.3. The molecule has 4 atom stereocenters.